The Morgan fingerprint density at radius 2 is 1.67 bits per heavy atom. The number of thiol groups is 1. The predicted octanol–water partition coefficient (Wildman–Crippen LogP) is -0.257. The van der Waals surface area contributed by atoms with Crippen molar-refractivity contribution < 1.29 is 29.4 Å². The highest BCUT2D eigenvalue weighted by Crippen LogP contribution is 2.26. The van der Waals surface area contributed by atoms with E-state index in [2.05, 4.69) is 17.9 Å². The van der Waals surface area contributed by atoms with Crippen LogP contribution < -0.4 is 11.1 Å². The van der Waals surface area contributed by atoms with Gasteiger partial charge in [0, 0.05) is 25.3 Å². The molecule has 2 aliphatic rings. The van der Waals surface area contributed by atoms with Gasteiger partial charge in [0.25, 0.3) is 0 Å². The molecule has 4 atom stereocenters. The Morgan fingerprint density at radius 3 is 2.27 bits per heavy atom. The van der Waals surface area contributed by atoms with E-state index in [0.29, 0.717) is 44.3 Å². The Labute approximate surface area is 197 Å². The fraction of sp³-hybridized carbons (Fsp3) is 0.545. The second kappa shape index (κ2) is 10.9. The number of phenols is 1. The summed E-state index contributed by atoms with van der Waals surface area (Å²) in [6, 6.07) is 2.74. The fourth-order valence-electron chi connectivity index (χ4n) is 4.40. The van der Waals surface area contributed by atoms with Crippen LogP contribution in [-0.2, 0) is 25.6 Å². The number of amides is 3. The van der Waals surface area contributed by atoms with Crippen LogP contribution >= 0.6 is 12.6 Å². The summed E-state index contributed by atoms with van der Waals surface area (Å²) in [6.45, 7) is 0.681. The number of benzene rings is 1. The number of nitrogens with two attached hydrogens (primary N) is 1. The molecule has 0 saturated carbocycles. The molecule has 10 nitrogen and oxygen atoms in total. The number of nitrogens with one attached hydrogen (secondary N) is 1. The van der Waals surface area contributed by atoms with Gasteiger partial charge in [-0.05, 0) is 43.4 Å². The molecule has 0 spiro atoms. The fourth-order valence-corrected chi connectivity index (χ4v) is 4.56. The molecule has 0 aromatic heterocycles. The molecule has 2 aliphatic heterocycles. The van der Waals surface area contributed by atoms with E-state index < -0.39 is 42.0 Å². The number of hydrogen-bond acceptors (Lipinski definition) is 7. The van der Waals surface area contributed by atoms with Crippen LogP contribution in [0.1, 0.15) is 31.2 Å². The minimum atomic E-state index is -1.05. The van der Waals surface area contributed by atoms with Crippen LogP contribution in [0.5, 0.6) is 5.75 Å². The number of likely N-dealkylation sites (tertiary alicyclic amines) is 2. The zero-order valence-electron chi connectivity index (χ0n) is 18.2. The lowest BCUT2D eigenvalue weighted by Gasteiger charge is -2.32. The standard InChI is InChI=1S/C22H30N4O6S/c23-15(12-33)19(28)24-16(11-13-5-7-14(27)8-6-13)20(29)25-9-1-3-17(25)21(30)26-10-2-4-18(26)22(31)32/h5-8,15-18,27,33H,1-4,9-12,23H2,(H,24,28)(H,31,32). The van der Waals surface area contributed by atoms with Gasteiger partial charge in [0.1, 0.15) is 23.9 Å². The summed E-state index contributed by atoms with van der Waals surface area (Å²) in [5.41, 5.74) is 6.48. The highest BCUT2D eigenvalue weighted by molar-refractivity contribution is 7.80. The van der Waals surface area contributed by atoms with Crippen molar-refractivity contribution in [1.82, 2.24) is 15.1 Å². The van der Waals surface area contributed by atoms with Crippen molar-refractivity contribution in [2.75, 3.05) is 18.8 Å². The van der Waals surface area contributed by atoms with Gasteiger partial charge >= 0.3 is 5.97 Å². The first-order valence-electron chi connectivity index (χ1n) is 11.0. The molecule has 0 radical (unpaired) electrons. The monoisotopic (exact) mass is 478 g/mol. The van der Waals surface area contributed by atoms with Gasteiger partial charge in [-0.2, -0.15) is 12.6 Å². The molecular weight excluding hydrogens is 448 g/mol. The normalized spacial score (nSPS) is 22.1. The van der Waals surface area contributed by atoms with Crippen molar-refractivity contribution in [2.24, 2.45) is 5.73 Å². The number of carboxylic acid groups (broad SMARTS) is 1. The van der Waals surface area contributed by atoms with Crippen molar-refractivity contribution in [1.29, 1.82) is 0 Å². The summed E-state index contributed by atoms with van der Waals surface area (Å²) in [7, 11) is 0. The van der Waals surface area contributed by atoms with Gasteiger partial charge < -0.3 is 31.1 Å². The number of carbonyl (C=O) groups excluding carboxylic acids is 3. The summed E-state index contributed by atoms with van der Waals surface area (Å²) in [6.07, 6.45) is 2.17. The zero-order chi connectivity index (χ0) is 24.1. The number of nitrogens with zero attached hydrogens (tertiary/aromatic N) is 2. The van der Waals surface area contributed by atoms with Gasteiger partial charge in [-0.15, -0.1) is 0 Å². The molecule has 1 aromatic rings. The molecule has 33 heavy (non-hydrogen) atoms. The third kappa shape index (κ3) is 5.77. The highest BCUT2D eigenvalue weighted by atomic mass is 32.1. The van der Waals surface area contributed by atoms with Crippen LogP contribution in [0.25, 0.3) is 0 Å². The lowest BCUT2D eigenvalue weighted by Crippen LogP contribution is -2.57. The van der Waals surface area contributed by atoms with Crippen LogP contribution in [0.4, 0.5) is 0 Å². The minimum Gasteiger partial charge on any atom is -0.508 e. The van der Waals surface area contributed by atoms with Gasteiger partial charge in [0.05, 0.1) is 6.04 Å². The van der Waals surface area contributed by atoms with Gasteiger partial charge in [0.15, 0.2) is 0 Å². The zero-order valence-corrected chi connectivity index (χ0v) is 19.1. The summed E-state index contributed by atoms with van der Waals surface area (Å²) in [5, 5.41) is 21.6. The first-order valence-corrected chi connectivity index (χ1v) is 11.6. The third-order valence-electron chi connectivity index (χ3n) is 6.17. The molecule has 11 heteroatoms. The largest absolute Gasteiger partial charge is 0.508 e. The van der Waals surface area contributed by atoms with E-state index >= 15 is 0 Å². The Balaban J connectivity index is 1.80. The molecule has 5 N–H and O–H groups in total. The second-order valence-corrected chi connectivity index (χ2v) is 8.80. The summed E-state index contributed by atoms with van der Waals surface area (Å²) >= 11 is 4.04. The minimum absolute atomic E-state index is 0.0755. The van der Waals surface area contributed by atoms with Gasteiger partial charge in [0.2, 0.25) is 17.7 Å². The van der Waals surface area contributed by atoms with E-state index in [-0.39, 0.29) is 23.8 Å². The topological polar surface area (TPSA) is 153 Å². The van der Waals surface area contributed by atoms with Gasteiger partial charge in [-0.1, -0.05) is 12.1 Å². The van der Waals surface area contributed by atoms with Crippen LogP contribution in [0, 0.1) is 0 Å². The van der Waals surface area contributed by atoms with Crippen molar-refractivity contribution in [3.8, 4) is 5.75 Å². The molecule has 3 rings (SSSR count). The molecule has 180 valence electrons. The van der Waals surface area contributed by atoms with Crippen molar-refractivity contribution >= 4 is 36.3 Å². The van der Waals surface area contributed by atoms with E-state index in [1.54, 1.807) is 12.1 Å². The summed E-state index contributed by atoms with van der Waals surface area (Å²) in [4.78, 5) is 53.5. The number of rotatable bonds is 8. The number of aromatic hydroxyl groups is 1. The van der Waals surface area contributed by atoms with Crippen LogP contribution in [-0.4, -0.2) is 86.7 Å². The van der Waals surface area contributed by atoms with Crippen LogP contribution in [0.2, 0.25) is 0 Å². The van der Waals surface area contributed by atoms with E-state index in [1.807, 2.05) is 0 Å². The summed E-state index contributed by atoms with van der Waals surface area (Å²) < 4.78 is 0. The second-order valence-electron chi connectivity index (χ2n) is 8.44. The number of hydrogen-bond donors (Lipinski definition) is 5. The van der Waals surface area contributed by atoms with Gasteiger partial charge in [-0.25, -0.2) is 4.79 Å². The average Bonchev–Trinajstić information content (AvgIpc) is 3.48. The lowest BCUT2D eigenvalue weighted by molar-refractivity contribution is -0.152. The molecule has 2 heterocycles. The van der Waals surface area contributed by atoms with Crippen molar-refractivity contribution in [2.45, 2.75) is 56.3 Å². The van der Waals surface area contributed by atoms with Gasteiger partial charge in [-0.3, -0.25) is 14.4 Å². The smallest absolute Gasteiger partial charge is 0.326 e. The maximum atomic E-state index is 13.5. The molecule has 2 saturated heterocycles. The van der Waals surface area contributed by atoms with Crippen LogP contribution in [0.3, 0.4) is 0 Å². The third-order valence-corrected chi connectivity index (χ3v) is 6.56. The van der Waals surface area contributed by atoms with Crippen molar-refractivity contribution in [3.63, 3.8) is 0 Å². The summed E-state index contributed by atoms with van der Waals surface area (Å²) in [5.74, 6) is -2.20. The van der Waals surface area contributed by atoms with Crippen LogP contribution in [0.15, 0.2) is 24.3 Å². The van der Waals surface area contributed by atoms with E-state index in [0.717, 1.165) is 0 Å². The number of aliphatic carboxylic acids is 1. The average molecular weight is 479 g/mol. The molecule has 0 bridgehead atoms. The number of carbonyl (C=O) groups is 4. The number of carboxylic acids is 1. The molecule has 3 amide bonds. The van der Waals surface area contributed by atoms with E-state index in [1.165, 1.54) is 21.9 Å². The van der Waals surface area contributed by atoms with E-state index in [9.17, 15) is 29.4 Å². The van der Waals surface area contributed by atoms with E-state index in [4.69, 9.17) is 5.73 Å². The Morgan fingerprint density at radius 1 is 1.06 bits per heavy atom. The maximum Gasteiger partial charge on any atom is 0.326 e. The lowest BCUT2D eigenvalue weighted by atomic mass is 10.0. The maximum absolute atomic E-state index is 13.5. The molecule has 4 unspecified atom stereocenters. The SMILES string of the molecule is NC(CS)C(=O)NC(Cc1ccc(O)cc1)C(=O)N1CCCC1C(=O)N1CCCC1C(=O)O. The first-order chi connectivity index (χ1) is 15.7. The Kier molecular flexibility index (Phi) is 8.20. The molecule has 1 aromatic carbocycles. The quantitative estimate of drug-likeness (QED) is 0.323. The number of phenolic OH excluding ortho intramolecular Hbond substituents is 1. The highest BCUT2D eigenvalue weighted by Gasteiger charge is 2.43. The predicted molar refractivity (Wildman–Crippen MR) is 123 cm³/mol. The first kappa shape index (κ1) is 24.8. The molecule has 2 fully saturated rings. The molecular formula is C22H30N4O6S. The van der Waals surface area contributed by atoms with Crippen molar-refractivity contribution in [3.05, 3.63) is 29.8 Å². The molecule has 0 aliphatic carbocycles. The Hall–Kier alpha value is -2.79. The Bertz CT molecular complexity index is 895.